The smallest absolute Gasteiger partial charge is 0.241 e. The maximum Gasteiger partial charge on any atom is 0.241 e. The fourth-order valence-electron chi connectivity index (χ4n) is 1.26. The first-order valence-corrected chi connectivity index (χ1v) is 5.47. The van der Waals surface area contributed by atoms with E-state index in [1.807, 2.05) is 32.0 Å². The van der Waals surface area contributed by atoms with E-state index < -0.39 is 6.04 Å². The Hall–Kier alpha value is -1.55. The highest BCUT2D eigenvalue weighted by Crippen LogP contribution is 2.23. The minimum Gasteiger partial charge on any atom is -0.492 e. The van der Waals surface area contributed by atoms with Gasteiger partial charge in [0.05, 0.1) is 18.3 Å². The van der Waals surface area contributed by atoms with Crippen molar-refractivity contribution in [3.63, 3.8) is 0 Å². The molecule has 0 saturated carbocycles. The predicted molar refractivity (Wildman–Crippen MR) is 64.5 cm³/mol. The van der Waals surface area contributed by atoms with Crippen molar-refractivity contribution in [3.8, 4) is 5.75 Å². The van der Waals surface area contributed by atoms with E-state index in [0.717, 1.165) is 0 Å². The van der Waals surface area contributed by atoms with Crippen LogP contribution in [0.15, 0.2) is 24.3 Å². The van der Waals surface area contributed by atoms with Crippen molar-refractivity contribution in [1.29, 1.82) is 0 Å². The van der Waals surface area contributed by atoms with E-state index in [4.69, 9.17) is 10.5 Å². The summed E-state index contributed by atoms with van der Waals surface area (Å²) in [5, 5.41) is 2.76. The van der Waals surface area contributed by atoms with E-state index in [-0.39, 0.29) is 5.91 Å². The maximum absolute atomic E-state index is 11.6. The highest BCUT2D eigenvalue weighted by molar-refractivity contribution is 5.95. The van der Waals surface area contributed by atoms with Crippen molar-refractivity contribution in [2.75, 3.05) is 11.9 Å². The van der Waals surface area contributed by atoms with Crippen molar-refractivity contribution in [1.82, 2.24) is 0 Å². The molecule has 0 aliphatic rings. The Kier molecular flexibility index (Phi) is 4.79. The molecule has 3 N–H and O–H groups in total. The van der Waals surface area contributed by atoms with E-state index in [9.17, 15) is 4.79 Å². The first kappa shape index (κ1) is 12.5. The van der Waals surface area contributed by atoms with Crippen LogP contribution in [0.4, 0.5) is 5.69 Å². The maximum atomic E-state index is 11.6. The average molecular weight is 222 g/mol. The molecule has 0 aliphatic heterocycles. The second-order valence-electron chi connectivity index (χ2n) is 3.43. The van der Waals surface area contributed by atoms with Crippen molar-refractivity contribution >= 4 is 11.6 Å². The van der Waals surface area contributed by atoms with Gasteiger partial charge in [0.25, 0.3) is 0 Å². The number of para-hydroxylation sites is 2. The summed E-state index contributed by atoms with van der Waals surface area (Å²) in [6.45, 7) is 4.34. The third kappa shape index (κ3) is 3.24. The van der Waals surface area contributed by atoms with Crippen LogP contribution in [-0.4, -0.2) is 18.6 Å². The molecule has 0 saturated heterocycles. The fraction of sp³-hybridized carbons (Fsp3) is 0.417. The van der Waals surface area contributed by atoms with Gasteiger partial charge in [0.2, 0.25) is 5.91 Å². The van der Waals surface area contributed by atoms with Gasteiger partial charge in [0.15, 0.2) is 0 Å². The third-order valence-corrected chi connectivity index (χ3v) is 2.22. The molecule has 1 aromatic carbocycles. The average Bonchev–Trinajstić information content (AvgIpc) is 2.31. The molecule has 1 amide bonds. The zero-order valence-corrected chi connectivity index (χ0v) is 9.69. The van der Waals surface area contributed by atoms with Gasteiger partial charge in [-0.25, -0.2) is 0 Å². The molecule has 0 spiro atoms. The summed E-state index contributed by atoms with van der Waals surface area (Å²) in [6, 6.07) is 6.84. The van der Waals surface area contributed by atoms with E-state index in [1.54, 1.807) is 6.07 Å². The van der Waals surface area contributed by atoms with Gasteiger partial charge in [-0.2, -0.15) is 0 Å². The summed E-state index contributed by atoms with van der Waals surface area (Å²) >= 11 is 0. The van der Waals surface area contributed by atoms with Crippen LogP contribution in [0.3, 0.4) is 0 Å². The predicted octanol–water partition coefficient (Wildman–Crippen LogP) is 1.76. The quantitative estimate of drug-likeness (QED) is 0.798. The number of carbonyl (C=O) groups is 1. The number of anilines is 1. The van der Waals surface area contributed by atoms with Crippen LogP contribution in [-0.2, 0) is 4.79 Å². The Balaban J connectivity index is 2.76. The highest BCUT2D eigenvalue weighted by atomic mass is 16.5. The summed E-state index contributed by atoms with van der Waals surface area (Å²) in [4.78, 5) is 11.6. The number of nitrogens with two attached hydrogens (primary N) is 1. The van der Waals surface area contributed by atoms with Crippen LogP contribution in [0.5, 0.6) is 5.75 Å². The minimum absolute atomic E-state index is 0.186. The lowest BCUT2D eigenvalue weighted by Crippen LogP contribution is -2.34. The number of ether oxygens (including phenoxy) is 1. The van der Waals surface area contributed by atoms with Gasteiger partial charge in [-0.1, -0.05) is 19.1 Å². The summed E-state index contributed by atoms with van der Waals surface area (Å²) in [5.41, 5.74) is 6.30. The molecule has 16 heavy (non-hydrogen) atoms. The Morgan fingerprint density at radius 1 is 1.44 bits per heavy atom. The molecule has 0 unspecified atom stereocenters. The molecule has 1 aromatic rings. The largest absolute Gasteiger partial charge is 0.492 e. The monoisotopic (exact) mass is 222 g/mol. The second kappa shape index (κ2) is 6.12. The van der Waals surface area contributed by atoms with E-state index in [1.165, 1.54) is 0 Å². The second-order valence-corrected chi connectivity index (χ2v) is 3.43. The SMILES string of the molecule is CCOc1ccccc1NC(=O)[C@H](N)CC. The Labute approximate surface area is 95.8 Å². The molecule has 1 atom stereocenters. The first-order valence-electron chi connectivity index (χ1n) is 5.47. The number of rotatable bonds is 5. The fourth-order valence-corrected chi connectivity index (χ4v) is 1.26. The van der Waals surface area contributed by atoms with Crippen molar-refractivity contribution in [2.45, 2.75) is 26.3 Å². The molecule has 0 aromatic heterocycles. The summed E-state index contributed by atoms with van der Waals surface area (Å²) in [6.07, 6.45) is 0.614. The van der Waals surface area contributed by atoms with Crippen LogP contribution < -0.4 is 15.8 Å². The first-order chi connectivity index (χ1) is 7.69. The Morgan fingerprint density at radius 2 is 2.12 bits per heavy atom. The molecule has 4 nitrogen and oxygen atoms in total. The molecule has 88 valence electrons. The van der Waals surface area contributed by atoms with Crippen molar-refractivity contribution in [3.05, 3.63) is 24.3 Å². The third-order valence-electron chi connectivity index (χ3n) is 2.22. The van der Waals surface area contributed by atoms with Gasteiger partial charge in [-0.15, -0.1) is 0 Å². The van der Waals surface area contributed by atoms with Crippen LogP contribution >= 0.6 is 0 Å². The minimum atomic E-state index is -0.477. The lowest BCUT2D eigenvalue weighted by Gasteiger charge is -2.13. The molecular weight excluding hydrogens is 204 g/mol. The van der Waals surface area contributed by atoms with Gasteiger partial charge in [-0.05, 0) is 25.5 Å². The molecule has 1 rings (SSSR count). The van der Waals surface area contributed by atoms with Crippen LogP contribution in [0, 0.1) is 0 Å². The molecule has 0 aliphatic carbocycles. The van der Waals surface area contributed by atoms with Crippen LogP contribution in [0.25, 0.3) is 0 Å². The Morgan fingerprint density at radius 3 is 2.75 bits per heavy atom. The summed E-state index contributed by atoms with van der Waals surface area (Å²) in [5.74, 6) is 0.483. The van der Waals surface area contributed by atoms with E-state index >= 15 is 0 Å². The molecule has 0 heterocycles. The lowest BCUT2D eigenvalue weighted by atomic mass is 10.2. The molecule has 0 radical (unpaired) electrons. The normalized spacial score (nSPS) is 11.9. The van der Waals surface area contributed by atoms with Crippen molar-refractivity contribution in [2.24, 2.45) is 5.73 Å². The zero-order valence-electron chi connectivity index (χ0n) is 9.69. The number of hydrogen-bond acceptors (Lipinski definition) is 3. The topological polar surface area (TPSA) is 64.3 Å². The van der Waals surface area contributed by atoms with E-state index in [0.29, 0.717) is 24.5 Å². The summed E-state index contributed by atoms with van der Waals surface area (Å²) < 4.78 is 5.40. The van der Waals surface area contributed by atoms with Gasteiger partial charge in [-0.3, -0.25) is 4.79 Å². The molecular formula is C12H18N2O2. The van der Waals surface area contributed by atoms with Gasteiger partial charge in [0, 0.05) is 0 Å². The van der Waals surface area contributed by atoms with Gasteiger partial charge >= 0.3 is 0 Å². The number of carbonyl (C=O) groups excluding carboxylic acids is 1. The van der Waals surface area contributed by atoms with E-state index in [2.05, 4.69) is 5.32 Å². The lowest BCUT2D eigenvalue weighted by molar-refractivity contribution is -0.117. The number of hydrogen-bond donors (Lipinski definition) is 2. The van der Waals surface area contributed by atoms with Crippen LogP contribution in [0.2, 0.25) is 0 Å². The number of amides is 1. The highest BCUT2D eigenvalue weighted by Gasteiger charge is 2.12. The number of nitrogens with one attached hydrogen (secondary N) is 1. The van der Waals surface area contributed by atoms with Gasteiger partial charge < -0.3 is 15.8 Å². The molecule has 0 fully saturated rings. The molecule has 4 heteroatoms. The van der Waals surface area contributed by atoms with Crippen molar-refractivity contribution < 1.29 is 9.53 Å². The Bertz CT molecular complexity index is 353. The van der Waals surface area contributed by atoms with Gasteiger partial charge in [0.1, 0.15) is 5.75 Å². The molecule has 0 bridgehead atoms. The zero-order chi connectivity index (χ0) is 12.0. The van der Waals surface area contributed by atoms with Crippen LogP contribution in [0.1, 0.15) is 20.3 Å². The standard InChI is InChI=1S/C12H18N2O2/c1-3-9(13)12(15)14-10-7-5-6-8-11(10)16-4-2/h5-9H,3-4,13H2,1-2H3,(H,14,15)/t9-/m1/s1. The summed E-state index contributed by atoms with van der Waals surface area (Å²) in [7, 11) is 0. The number of benzene rings is 1.